The van der Waals surface area contributed by atoms with Gasteiger partial charge in [-0.15, -0.1) is 0 Å². The maximum atomic E-state index is 3.74. The predicted octanol–water partition coefficient (Wildman–Crippen LogP) is 5.11. The first-order valence-electron chi connectivity index (χ1n) is 8.44. The molecule has 0 atom stereocenters. The molecule has 1 aliphatic rings. The first kappa shape index (κ1) is 16.8. The molecule has 3 heteroatoms. The molecule has 0 aliphatic heterocycles. The first-order valence-corrected chi connectivity index (χ1v) is 9.23. The van der Waals surface area contributed by atoms with Crippen LogP contribution < -0.4 is 10.2 Å². The zero-order valence-electron chi connectivity index (χ0n) is 13.5. The summed E-state index contributed by atoms with van der Waals surface area (Å²) in [7, 11) is 2.26. The summed E-state index contributed by atoms with van der Waals surface area (Å²) in [6.45, 7) is 4.23. The molecule has 118 valence electrons. The maximum absolute atomic E-state index is 3.74. The lowest BCUT2D eigenvalue weighted by Crippen LogP contribution is -2.31. The fraction of sp³-hybridized carbons (Fsp3) is 0.667. The molecule has 1 aromatic rings. The Morgan fingerprint density at radius 3 is 2.52 bits per heavy atom. The van der Waals surface area contributed by atoms with Gasteiger partial charge in [-0.05, 0) is 43.5 Å². The lowest BCUT2D eigenvalue weighted by atomic mass is 10.1. The van der Waals surface area contributed by atoms with Gasteiger partial charge in [0, 0.05) is 29.8 Å². The Bertz CT molecular complexity index is 425. The van der Waals surface area contributed by atoms with E-state index in [2.05, 4.69) is 58.3 Å². The number of hydrogen-bond donors (Lipinski definition) is 1. The molecule has 2 rings (SSSR count). The van der Waals surface area contributed by atoms with Crippen molar-refractivity contribution >= 4 is 21.6 Å². The van der Waals surface area contributed by atoms with Gasteiger partial charge in [-0.1, -0.05) is 54.6 Å². The average molecular weight is 353 g/mol. The molecule has 0 heterocycles. The lowest BCUT2D eigenvalue weighted by molar-refractivity contribution is 0.553. The minimum atomic E-state index is 0.712. The van der Waals surface area contributed by atoms with E-state index in [9.17, 15) is 0 Å². The van der Waals surface area contributed by atoms with Gasteiger partial charge >= 0.3 is 0 Å². The standard InChI is InChI=1S/C18H29BrN2/c1-3-12-20-14-15-10-11-17(13-18(15)19)21(2)16-8-6-4-5-7-9-16/h10-11,13,16,20H,3-9,12,14H2,1-2H3. The van der Waals surface area contributed by atoms with Crippen LogP contribution >= 0.6 is 15.9 Å². The van der Waals surface area contributed by atoms with E-state index in [0.29, 0.717) is 6.04 Å². The maximum Gasteiger partial charge on any atom is 0.0377 e. The van der Waals surface area contributed by atoms with Crippen molar-refractivity contribution in [3.05, 3.63) is 28.2 Å². The molecule has 0 bridgehead atoms. The SMILES string of the molecule is CCCNCc1ccc(N(C)C2CCCCCC2)cc1Br. The van der Waals surface area contributed by atoms with E-state index in [4.69, 9.17) is 0 Å². The summed E-state index contributed by atoms with van der Waals surface area (Å²) in [6, 6.07) is 7.53. The molecule has 1 aromatic carbocycles. The van der Waals surface area contributed by atoms with E-state index in [1.165, 1.54) is 60.7 Å². The molecule has 1 N–H and O–H groups in total. The number of anilines is 1. The van der Waals surface area contributed by atoms with Gasteiger partial charge in [-0.25, -0.2) is 0 Å². The summed E-state index contributed by atoms with van der Waals surface area (Å²) in [4.78, 5) is 2.49. The minimum absolute atomic E-state index is 0.712. The molecular formula is C18H29BrN2. The van der Waals surface area contributed by atoms with Crippen molar-refractivity contribution in [1.29, 1.82) is 0 Å². The Balaban J connectivity index is 2.00. The number of benzene rings is 1. The Hall–Kier alpha value is -0.540. The number of halogens is 1. The van der Waals surface area contributed by atoms with Crippen LogP contribution in [0, 0.1) is 0 Å². The fourth-order valence-corrected chi connectivity index (χ4v) is 3.66. The molecule has 2 nitrogen and oxygen atoms in total. The zero-order valence-corrected chi connectivity index (χ0v) is 15.1. The summed E-state index contributed by atoms with van der Waals surface area (Å²) in [5.41, 5.74) is 2.69. The van der Waals surface area contributed by atoms with E-state index in [1.54, 1.807) is 0 Å². The van der Waals surface area contributed by atoms with E-state index in [1.807, 2.05) is 0 Å². The van der Waals surface area contributed by atoms with Gasteiger partial charge in [-0.2, -0.15) is 0 Å². The fourth-order valence-electron chi connectivity index (χ4n) is 3.15. The molecule has 0 spiro atoms. The Morgan fingerprint density at radius 2 is 1.90 bits per heavy atom. The summed E-state index contributed by atoms with van der Waals surface area (Å²) in [6.07, 6.45) is 9.46. The largest absolute Gasteiger partial charge is 0.372 e. The quantitative estimate of drug-likeness (QED) is 0.565. The van der Waals surface area contributed by atoms with Crippen molar-refractivity contribution in [2.45, 2.75) is 64.5 Å². The Labute approximate surface area is 138 Å². The van der Waals surface area contributed by atoms with Crippen molar-refractivity contribution in [3.8, 4) is 0 Å². The Kier molecular flexibility index (Phi) is 7.05. The summed E-state index contributed by atoms with van der Waals surface area (Å²) >= 11 is 3.74. The van der Waals surface area contributed by atoms with Crippen LogP contribution in [-0.2, 0) is 6.54 Å². The summed E-state index contributed by atoms with van der Waals surface area (Å²) in [5.74, 6) is 0. The van der Waals surface area contributed by atoms with Gasteiger partial charge in [0.15, 0.2) is 0 Å². The Morgan fingerprint density at radius 1 is 1.19 bits per heavy atom. The lowest BCUT2D eigenvalue weighted by Gasteiger charge is -2.29. The van der Waals surface area contributed by atoms with E-state index in [-0.39, 0.29) is 0 Å². The smallest absolute Gasteiger partial charge is 0.0377 e. The van der Waals surface area contributed by atoms with E-state index < -0.39 is 0 Å². The number of rotatable bonds is 6. The van der Waals surface area contributed by atoms with Crippen molar-refractivity contribution < 1.29 is 0 Å². The molecule has 0 amide bonds. The first-order chi connectivity index (χ1) is 10.2. The van der Waals surface area contributed by atoms with Crippen LogP contribution in [-0.4, -0.2) is 19.6 Å². The van der Waals surface area contributed by atoms with Gasteiger partial charge in [0.1, 0.15) is 0 Å². The summed E-state index contributed by atoms with van der Waals surface area (Å²) in [5, 5.41) is 3.47. The van der Waals surface area contributed by atoms with Crippen molar-refractivity contribution in [2.75, 3.05) is 18.5 Å². The van der Waals surface area contributed by atoms with Crippen LogP contribution in [0.2, 0.25) is 0 Å². The predicted molar refractivity (Wildman–Crippen MR) is 96.0 cm³/mol. The van der Waals surface area contributed by atoms with Crippen LogP contribution in [0.15, 0.2) is 22.7 Å². The highest BCUT2D eigenvalue weighted by atomic mass is 79.9. The van der Waals surface area contributed by atoms with Crippen LogP contribution in [0.4, 0.5) is 5.69 Å². The molecule has 0 radical (unpaired) electrons. The van der Waals surface area contributed by atoms with E-state index in [0.717, 1.165) is 13.1 Å². The van der Waals surface area contributed by atoms with Gasteiger partial charge in [0.25, 0.3) is 0 Å². The van der Waals surface area contributed by atoms with Crippen LogP contribution in [0.1, 0.15) is 57.4 Å². The molecule has 0 unspecified atom stereocenters. The number of nitrogens with zero attached hydrogens (tertiary/aromatic N) is 1. The average Bonchev–Trinajstić information content (AvgIpc) is 2.77. The molecule has 1 aliphatic carbocycles. The minimum Gasteiger partial charge on any atom is -0.372 e. The normalized spacial score (nSPS) is 16.7. The third-order valence-corrected chi connectivity index (χ3v) is 5.30. The van der Waals surface area contributed by atoms with E-state index >= 15 is 0 Å². The number of hydrogen-bond acceptors (Lipinski definition) is 2. The molecule has 0 saturated heterocycles. The molecular weight excluding hydrogens is 324 g/mol. The van der Waals surface area contributed by atoms with Crippen LogP contribution in [0.25, 0.3) is 0 Å². The van der Waals surface area contributed by atoms with Gasteiger partial charge in [0.05, 0.1) is 0 Å². The third kappa shape index (κ3) is 5.00. The van der Waals surface area contributed by atoms with Gasteiger partial charge < -0.3 is 10.2 Å². The topological polar surface area (TPSA) is 15.3 Å². The highest BCUT2D eigenvalue weighted by Gasteiger charge is 2.17. The molecule has 0 aromatic heterocycles. The second kappa shape index (κ2) is 8.79. The molecule has 21 heavy (non-hydrogen) atoms. The van der Waals surface area contributed by atoms with Crippen molar-refractivity contribution in [3.63, 3.8) is 0 Å². The highest BCUT2D eigenvalue weighted by Crippen LogP contribution is 2.28. The molecule has 1 fully saturated rings. The second-order valence-corrected chi connectivity index (χ2v) is 7.06. The van der Waals surface area contributed by atoms with Gasteiger partial charge in [0.2, 0.25) is 0 Å². The highest BCUT2D eigenvalue weighted by molar-refractivity contribution is 9.10. The summed E-state index contributed by atoms with van der Waals surface area (Å²) < 4.78 is 1.23. The molecule has 1 saturated carbocycles. The van der Waals surface area contributed by atoms with Crippen molar-refractivity contribution in [1.82, 2.24) is 5.32 Å². The third-order valence-electron chi connectivity index (χ3n) is 4.56. The second-order valence-electron chi connectivity index (χ2n) is 6.21. The van der Waals surface area contributed by atoms with Crippen molar-refractivity contribution in [2.24, 2.45) is 0 Å². The van der Waals surface area contributed by atoms with Crippen LogP contribution in [0.3, 0.4) is 0 Å². The monoisotopic (exact) mass is 352 g/mol. The van der Waals surface area contributed by atoms with Gasteiger partial charge in [-0.3, -0.25) is 0 Å². The number of nitrogens with one attached hydrogen (secondary N) is 1. The van der Waals surface area contributed by atoms with Crippen LogP contribution in [0.5, 0.6) is 0 Å². The zero-order chi connectivity index (χ0) is 15.1.